The third kappa shape index (κ3) is 45.2. The quantitative estimate of drug-likeness (QED) is 0.425. The molecule has 0 aromatic heterocycles. The molecule has 0 saturated carbocycles. The number of hydrogen-bond donors (Lipinski definition) is 0. The minimum absolute atomic E-state index is 0. The third-order valence-electron chi connectivity index (χ3n) is 0.167. The summed E-state index contributed by atoms with van der Waals surface area (Å²) in [6, 6.07) is 0. The summed E-state index contributed by atoms with van der Waals surface area (Å²) in [6.07, 6.45) is 0. The molecule has 11 heavy (non-hydrogen) atoms. The largest absolute Gasteiger partial charge is 4.00 e. The Morgan fingerprint density at radius 2 is 0.818 bits per heavy atom. The number of carbonyl (C=O) groups excluding carboxylic acids is 4. The van der Waals surface area contributed by atoms with Gasteiger partial charge in [-0.2, -0.15) is 0 Å². The Morgan fingerprint density at radius 1 is 0.636 bits per heavy atom. The summed E-state index contributed by atoms with van der Waals surface area (Å²) in [5.41, 5.74) is 0. The summed E-state index contributed by atoms with van der Waals surface area (Å²) in [7, 11) is 0. The van der Waals surface area contributed by atoms with E-state index in [4.69, 9.17) is 19.2 Å². The van der Waals surface area contributed by atoms with E-state index in [1.165, 1.54) is 0 Å². The van der Waals surface area contributed by atoms with Gasteiger partial charge in [0.25, 0.3) is 0 Å². The maximum Gasteiger partial charge on any atom is 4.00 e. The molecule has 0 rings (SSSR count). The standard InChI is InChI=1S/2C2O3.U/c2*3-1-5-2-4;/q2*-2;+4. The van der Waals surface area contributed by atoms with Crippen LogP contribution in [0.2, 0.25) is 0 Å². The second-order valence-electron chi connectivity index (χ2n) is 0.537. The third-order valence-corrected chi connectivity index (χ3v) is 0.167. The van der Waals surface area contributed by atoms with E-state index in [-0.39, 0.29) is 31.1 Å². The van der Waals surface area contributed by atoms with Gasteiger partial charge in [0, 0.05) is 0 Å². The normalized spacial score (nSPS) is 5.09. The summed E-state index contributed by atoms with van der Waals surface area (Å²) in [6.45, 7) is 3.38. The van der Waals surface area contributed by atoms with E-state index in [9.17, 15) is 0 Å². The molecule has 0 atom stereocenters. The van der Waals surface area contributed by atoms with E-state index in [1.807, 2.05) is 0 Å². The molecule has 56 valence electrons. The molecule has 0 saturated heterocycles. The van der Waals surface area contributed by atoms with Gasteiger partial charge in [-0.15, -0.1) is 25.9 Å². The predicted octanol–water partition coefficient (Wildman–Crippen LogP) is -1.73. The van der Waals surface area contributed by atoms with Crippen LogP contribution in [-0.4, -0.2) is 25.9 Å². The van der Waals surface area contributed by atoms with Crippen molar-refractivity contribution in [3.63, 3.8) is 0 Å². The fraction of sp³-hybridized carbons (Fsp3) is 0. The molecule has 0 N–H and O–H groups in total. The van der Waals surface area contributed by atoms with Gasteiger partial charge < -0.3 is 28.7 Å². The molecule has 0 aliphatic rings. The van der Waals surface area contributed by atoms with Gasteiger partial charge in [0.1, 0.15) is 0 Å². The Kier molecular flexibility index (Phi) is 34.7. The summed E-state index contributed by atoms with van der Waals surface area (Å²) >= 11 is 0. The van der Waals surface area contributed by atoms with Crippen molar-refractivity contribution in [1.82, 2.24) is 0 Å². The average Bonchev–Trinajstić information content (AvgIpc) is 1.93. The van der Waals surface area contributed by atoms with Gasteiger partial charge in [0.15, 0.2) is 0 Å². The summed E-state index contributed by atoms with van der Waals surface area (Å²) in [5.74, 6) is 0. The molecule has 0 aromatic rings. The van der Waals surface area contributed by atoms with Crippen LogP contribution in [0.15, 0.2) is 0 Å². The first-order chi connectivity index (χ1) is 4.83. The zero-order valence-electron chi connectivity index (χ0n) is 4.95. The molecule has 0 aliphatic carbocycles. The van der Waals surface area contributed by atoms with Gasteiger partial charge in [0.2, 0.25) is 0 Å². The minimum atomic E-state index is 0. The molecule has 0 heterocycles. The zero-order chi connectivity index (χ0) is 8.24. The van der Waals surface area contributed by atoms with Crippen molar-refractivity contribution >= 4 is 25.9 Å². The van der Waals surface area contributed by atoms with Crippen molar-refractivity contribution in [2.45, 2.75) is 0 Å². The van der Waals surface area contributed by atoms with E-state index in [0.29, 0.717) is 0 Å². The van der Waals surface area contributed by atoms with Crippen LogP contribution in [0, 0.1) is 31.1 Å². The van der Waals surface area contributed by atoms with Gasteiger partial charge in [-0.1, -0.05) is 0 Å². The Hall–Kier alpha value is -0.668. The second kappa shape index (κ2) is 22.8. The average molecular weight is 382 g/mol. The molecule has 0 fully saturated rings. The molecule has 0 aliphatic heterocycles. The van der Waals surface area contributed by atoms with Gasteiger partial charge in [-0.25, -0.2) is 0 Å². The van der Waals surface area contributed by atoms with E-state index in [1.54, 1.807) is 0 Å². The first-order valence-electron chi connectivity index (χ1n) is 1.63. The van der Waals surface area contributed by atoms with Crippen LogP contribution in [0.3, 0.4) is 0 Å². The predicted molar refractivity (Wildman–Crippen MR) is 24.9 cm³/mol. The monoisotopic (exact) mass is 382 g/mol. The molecule has 0 bridgehead atoms. The maximum absolute atomic E-state index is 8.80. The Balaban J connectivity index is -0.000000107. The summed E-state index contributed by atoms with van der Waals surface area (Å²) in [5, 5.41) is 0. The first kappa shape index (κ1) is 16.7. The van der Waals surface area contributed by atoms with Crippen molar-refractivity contribution in [3.05, 3.63) is 0 Å². The van der Waals surface area contributed by atoms with Crippen molar-refractivity contribution in [2.75, 3.05) is 0 Å². The molecular weight excluding hydrogens is 382 g/mol. The van der Waals surface area contributed by atoms with Crippen LogP contribution in [0.5, 0.6) is 0 Å². The Bertz CT molecular complexity index is 87.1. The van der Waals surface area contributed by atoms with Crippen LogP contribution in [0.4, 0.5) is 0 Å². The SMILES string of the molecule is O=[C-]O[C-]=O.O=[C-]O[C-]=O.[U+4]. The van der Waals surface area contributed by atoms with E-state index >= 15 is 0 Å². The molecule has 0 aromatic carbocycles. The number of rotatable bonds is 4. The fourth-order valence-electron chi connectivity index (χ4n) is 0.0340. The first-order valence-corrected chi connectivity index (χ1v) is 1.63. The van der Waals surface area contributed by atoms with Crippen molar-refractivity contribution in [2.24, 2.45) is 0 Å². The number of ether oxygens (including phenoxy) is 2. The van der Waals surface area contributed by atoms with E-state index in [0.717, 1.165) is 25.9 Å². The van der Waals surface area contributed by atoms with Crippen molar-refractivity contribution < 1.29 is 59.8 Å². The van der Waals surface area contributed by atoms with Crippen LogP contribution in [-0.2, 0) is 28.7 Å². The molecule has 0 amide bonds. The fourth-order valence-corrected chi connectivity index (χ4v) is 0.0340. The van der Waals surface area contributed by atoms with Gasteiger partial charge in [-0.3, -0.25) is 0 Å². The summed E-state index contributed by atoms with van der Waals surface area (Å²) in [4.78, 5) is 35.2. The van der Waals surface area contributed by atoms with Crippen molar-refractivity contribution in [3.8, 4) is 0 Å². The number of hydrogen-bond acceptors (Lipinski definition) is 6. The topological polar surface area (TPSA) is 86.7 Å². The Morgan fingerprint density at radius 3 is 0.818 bits per heavy atom. The molecule has 0 spiro atoms. The molecule has 6 nitrogen and oxygen atoms in total. The summed E-state index contributed by atoms with van der Waals surface area (Å²) < 4.78 is 6.44. The van der Waals surface area contributed by atoms with Crippen LogP contribution >= 0.6 is 0 Å². The minimum Gasteiger partial charge on any atom is -0.783 e. The van der Waals surface area contributed by atoms with E-state index < -0.39 is 0 Å². The van der Waals surface area contributed by atoms with Crippen LogP contribution in [0.25, 0.3) is 0 Å². The smallest absolute Gasteiger partial charge is 0.783 e. The van der Waals surface area contributed by atoms with Crippen LogP contribution in [0.1, 0.15) is 0 Å². The van der Waals surface area contributed by atoms with Crippen LogP contribution < -0.4 is 0 Å². The molecule has 0 radical (unpaired) electrons. The Labute approximate surface area is 85.6 Å². The van der Waals surface area contributed by atoms with Gasteiger partial charge in [-0.05, 0) is 0 Å². The maximum atomic E-state index is 8.80. The van der Waals surface area contributed by atoms with Gasteiger partial charge >= 0.3 is 31.1 Å². The molecular formula is C4O6U. The van der Waals surface area contributed by atoms with E-state index in [2.05, 4.69) is 9.47 Å². The second-order valence-corrected chi connectivity index (χ2v) is 0.537. The zero-order valence-corrected chi connectivity index (χ0v) is 9.11. The molecule has 0 unspecified atom stereocenters. The van der Waals surface area contributed by atoms with Gasteiger partial charge in [0.05, 0.1) is 0 Å². The molecule has 7 heteroatoms. The van der Waals surface area contributed by atoms with Crippen molar-refractivity contribution in [1.29, 1.82) is 0 Å².